The number of alkyl halides is 3. The molecule has 7 heteroatoms. The standard InChI is InChI=1S/C22H17F3N4/c1-14-28-19-7-4-6-18(15-8-10-16(11-9-15)22(23,24)25)20(19)21(29-14)27-13-17-5-2-3-12-26-17/h2-12H,13H2,1H3,(H,27,28,29). The molecule has 0 aliphatic heterocycles. The Morgan fingerprint density at radius 3 is 2.38 bits per heavy atom. The predicted molar refractivity (Wildman–Crippen MR) is 106 cm³/mol. The van der Waals surface area contributed by atoms with E-state index in [2.05, 4.69) is 20.3 Å². The quantitative estimate of drug-likeness (QED) is 0.487. The molecule has 2 aromatic carbocycles. The summed E-state index contributed by atoms with van der Waals surface area (Å²) in [7, 11) is 0. The van der Waals surface area contributed by atoms with Gasteiger partial charge in [0.15, 0.2) is 0 Å². The van der Waals surface area contributed by atoms with Gasteiger partial charge < -0.3 is 5.32 Å². The highest BCUT2D eigenvalue weighted by molar-refractivity contribution is 6.01. The molecule has 0 bridgehead atoms. The molecule has 0 atom stereocenters. The zero-order chi connectivity index (χ0) is 20.4. The van der Waals surface area contributed by atoms with Crippen LogP contribution in [0.1, 0.15) is 17.1 Å². The van der Waals surface area contributed by atoms with Gasteiger partial charge in [0.1, 0.15) is 11.6 Å². The van der Waals surface area contributed by atoms with Crippen molar-refractivity contribution < 1.29 is 13.2 Å². The van der Waals surface area contributed by atoms with E-state index >= 15 is 0 Å². The first kappa shape index (κ1) is 18.9. The lowest BCUT2D eigenvalue weighted by Gasteiger charge is -2.14. The lowest BCUT2D eigenvalue weighted by Crippen LogP contribution is -2.06. The fraction of sp³-hybridized carbons (Fsp3) is 0.136. The molecule has 0 fully saturated rings. The van der Waals surface area contributed by atoms with Crippen LogP contribution in [0.3, 0.4) is 0 Å². The second-order valence-electron chi connectivity index (χ2n) is 6.57. The first-order valence-electron chi connectivity index (χ1n) is 9.00. The molecule has 29 heavy (non-hydrogen) atoms. The molecular weight excluding hydrogens is 377 g/mol. The SMILES string of the molecule is Cc1nc(NCc2ccccn2)c2c(-c3ccc(C(F)(F)F)cc3)cccc2n1. The van der Waals surface area contributed by atoms with E-state index in [1.807, 2.05) is 36.4 Å². The molecule has 0 unspecified atom stereocenters. The number of rotatable bonds is 4. The molecular formula is C22H17F3N4. The van der Waals surface area contributed by atoms with Crippen molar-refractivity contribution >= 4 is 16.7 Å². The van der Waals surface area contributed by atoms with E-state index in [0.717, 1.165) is 34.3 Å². The summed E-state index contributed by atoms with van der Waals surface area (Å²) >= 11 is 0. The number of nitrogens with zero attached hydrogens (tertiary/aromatic N) is 3. The van der Waals surface area contributed by atoms with Crippen LogP contribution in [0.5, 0.6) is 0 Å². The van der Waals surface area contributed by atoms with Gasteiger partial charge in [-0.1, -0.05) is 30.3 Å². The number of aromatic nitrogens is 3. The van der Waals surface area contributed by atoms with Crippen LogP contribution >= 0.6 is 0 Å². The van der Waals surface area contributed by atoms with E-state index < -0.39 is 11.7 Å². The normalized spacial score (nSPS) is 11.6. The van der Waals surface area contributed by atoms with E-state index in [0.29, 0.717) is 23.8 Å². The Kier molecular flexibility index (Phi) is 4.88. The third kappa shape index (κ3) is 4.03. The van der Waals surface area contributed by atoms with Gasteiger partial charge in [-0.3, -0.25) is 4.98 Å². The van der Waals surface area contributed by atoms with Crippen LogP contribution in [0.15, 0.2) is 66.9 Å². The number of benzene rings is 2. The first-order valence-corrected chi connectivity index (χ1v) is 9.00. The van der Waals surface area contributed by atoms with Crippen molar-refractivity contribution in [1.82, 2.24) is 15.0 Å². The summed E-state index contributed by atoms with van der Waals surface area (Å²) in [5, 5.41) is 4.06. The molecule has 4 aromatic rings. The number of hydrogen-bond acceptors (Lipinski definition) is 4. The van der Waals surface area contributed by atoms with Gasteiger partial charge in [0.2, 0.25) is 0 Å². The number of nitrogens with one attached hydrogen (secondary N) is 1. The summed E-state index contributed by atoms with van der Waals surface area (Å²) in [5.74, 6) is 1.22. The molecule has 2 heterocycles. The van der Waals surface area contributed by atoms with Crippen molar-refractivity contribution in [3.05, 3.63) is 83.9 Å². The zero-order valence-electron chi connectivity index (χ0n) is 15.5. The minimum absolute atomic E-state index is 0.466. The first-order chi connectivity index (χ1) is 13.9. The molecule has 2 aromatic heterocycles. The topological polar surface area (TPSA) is 50.7 Å². The van der Waals surface area contributed by atoms with Crippen LogP contribution in [-0.2, 0) is 12.7 Å². The number of hydrogen-bond donors (Lipinski definition) is 1. The maximum atomic E-state index is 12.9. The second-order valence-corrected chi connectivity index (χ2v) is 6.57. The van der Waals surface area contributed by atoms with Gasteiger partial charge in [-0.2, -0.15) is 13.2 Å². The van der Waals surface area contributed by atoms with Gasteiger partial charge in [0.25, 0.3) is 0 Å². The lowest BCUT2D eigenvalue weighted by molar-refractivity contribution is -0.137. The van der Waals surface area contributed by atoms with Gasteiger partial charge in [0, 0.05) is 6.20 Å². The Morgan fingerprint density at radius 2 is 1.69 bits per heavy atom. The van der Waals surface area contributed by atoms with Gasteiger partial charge in [0.05, 0.1) is 28.7 Å². The third-order valence-electron chi connectivity index (χ3n) is 4.52. The van der Waals surface area contributed by atoms with Crippen molar-refractivity contribution in [2.45, 2.75) is 19.6 Å². The molecule has 0 aliphatic rings. The average Bonchev–Trinajstić information content (AvgIpc) is 2.71. The number of pyridine rings is 1. The van der Waals surface area contributed by atoms with Gasteiger partial charge in [-0.15, -0.1) is 0 Å². The highest BCUT2D eigenvalue weighted by atomic mass is 19.4. The molecule has 0 saturated carbocycles. The molecule has 1 N–H and O–H groups in total. The largest absolute Gasteiger partial charge is 0.416 e. The maximum absolute atomic E-state index is 12.9. The van der Waals surface area contributed by atoms with Crippen LogP contribution in [-0.4, -0.2) is 15.0 Å². The fourth-order valence-corrected chi connectivity index (χ4v) is 3.18. The van der Waals surface area contributed by atoms with Crippen LogP contribution in [0.2, 0.25) is 0 Å². The minimum atomic E-state index is -4.37. The molecule has 146 valence electrons. The number of halogens is 3. The molecule has 0 saturated heterocycles. The summed E-state index contributed by atoms with van der Waals surface area (Å²) in [6.07, 6.45) is -2.65. The van der Waals surface area contributed by atoms with Gasteiger partial charge in [-0.05, 0) is 48.4 Å². The van der Waals surface area contributed by atoms with Crippen LogP contribution in [0.25, 0.3) is 22.0 Å². The van der Waals surface area contributed by atoms with Crippen molar-refractivity contribution in [3.63, 3.8) is 0 Å². The Bertz CT molecular complexity index is 1140. The Labute approximate surface area is 165 Å². The van der Waals surface area contributed by atoms with Crippen molar-refractivity contribution in [2.75, 3.05) is 5.32 Å². The summed E-state index contributed by atoms with van der Waals surface area (Å²) in [6.45, 7) is 2.27. The number of fused-ring (bicyclic) bond motifs is 1. The summed E-state index contributed by atoms with van der Waals surface area (Å²) < 4.78 is 38.7. The summed E-state index contributed by atoms with van der Waals surface area (Å²) in [6, 6.07) is 16.3. The minimum Gasteiger partial charge on any atom is -0.364 e. The smallest absolute Gasteiger partial charge is 0.364 e. The predicted octanol–water partition coefficient (Wildman–Crippen LogP) is 5.63. The molecule has 0 aliphatic carbocycles. The zero-order valence-corrected chi connectivity index (χ0v) is 15.5. The third-order valence-corrected chi connectivity index (χ3v) is 4.52. The Morgan fingerprint density at radius 1 is 0.897 bits per heavy atom. The molecule has 0 spiro atoms. The van der Waals surface area contributed by atoms with E-state index in [4.69, 9.17) is 0 Å². The maximum Gasteiger partial charge on any atom is 0.416 e. The highest BCUT2D eigenvalue weighted by Gasteiger charge is 2.30. The van der Waals surface area contributed by atoms with Crippen molar-refractivity contribution in [2.24, 2.45) is 0 Å². The van der Waals surface area contributed by atoms with Gasteiger partial charge in [-0.25, -0.2) is 9.97 Å². The molecule has 4 rings (SSSR count). The lowest BCUT2D eigenvalue weighted by atomic mass is 9.99. The average molecular weight is 394 g/mol. The van der Waals surface area contributed by atoms with E-state index in [9.17, 15) is 13.2 Å². The second kappa shape index (κ2) is 7.50. The summed E-state index contributed by atoms with van der Waals surface area (Å²) in [4.78, 5) is 13.3. The molecule has 4 nitrogen and oxygen atoms in total. The van der Waals surface area contributed by atoms with Crippen molar-refractivity contribution in [1.29, 1.82) is 0 Å². The van der Waals surface area contributed by atoms with Crippen LogP contribution in [0.4, 0.5) is 19.0 Å². The number of aryl methyl sites for hydroxylation is 1. The molecule has 0 amide bonds. The summed E-state index contributed by atoms with van der Waals surface area (Å²) in [5.41, 5.74) is 2.32. The van der Waals surface area contributed by atoms with Crippen LogP contribution < -0.4 is 5.32 Å². The monoisotopic (exact) mass is 394 g/mol. The van der Waals surface area contributed by atoms with Crippen LogP contribution in [0, 0.1) is 6.92 Å². The van der Waals surface area contributed by atoms with E-state index in [-0.39, 0.29) is 0 Å². The Hall–Kier alpha value is -3.48. The van der Waals surface area contributed by atoms with Gasteiger partial charge >= 0.3 is 6.18 Å². The highest BCUT2D eigenvalue weighted by Crippen LogP contribution is 2.35. The van der Waals surface area contributed by atoms with E-state index in [1.54, 1.807) is 13.1 Å². The fourth-order valence-electron chi connectivity index (χ4n) is 3.18. The number of anilines is 1. The Balaban J connectivity index is 1.78. The molecule has 0 radical (unpaired) electrons. The van der Waals surface area contributed by atoms with E-state index in [1.165, 1.54) is 12.1 Å². The van der Waals surface area contributed by atoms with Crippen molar-refractivity contribution in [3.8, 4) is 11.1 Å².